The molecule has 2 fully saturated rings. The number of amides is 2. The van der Waals surface area contributed by atoms with Crippen molar-refractivity contribution in [2.75, 3.05) is 18.8 Å². The summed E-state index contributed by atoms with van der Waals surface area (Å²) in [4.78, 5) is 39.1. The Morgan fingerprint density at radius 2 is 1.83 bits per heavy atom. The van der Waals surface area contributed by atoms with Gasteiger partial charge in [-0.15, -0.1) is 0 Å². The lowest BCUT2D eigenvalue weighted by Gasteiger charge is -2.41. The molecule has 0 spiro atoms. The molecule has 1 saturated heterocycles. The number of nitrogens with zero attached hydrogens (tertiary/aromatic N) is 6. The summed E-state index contributed by atoms with van der Waals surface area (Å²) in [6, 6.07) is 7.94. The molecule has 2 aromatic heterocycles. The molecule has 2 amide bonds. The van der Waals surface area contributed by atoms with Crippen molar-refractivity contribution in [3.05, 3.63) is 60.2 Å². The van der Waals surface area contributed by atoms with Gasteiger partial charge in [-0.2, -0.15) is 10.1 Å². The lowest BCUT2D eigenvalue weighted by Crippen LogP contribution is -2.47. The zero-order valence-electron chi connectivity index (χ0n) is 19.7. The van der Waals surface area contributed by atoms with Crippen molar-refractivity contribution < 1.29 is 14.7 Å². The Hall–Kier alpha value is -4.12. The first-order chi connectivity index (χ1) is 17.3. The lowest BCUT2D eigenvalue weighted by molar-refractivity contribution is -0.131. The summed E-state index contributed by atoms with van der Waals surface area (Å²) < 4.78 is 1.41. The van der Waals surface area contributed by atoms with Gasteiger partial charge in [0.15, 0.2) is 0 Å². The van der Waals surface area contributed by atoms with Crippen molar-refractivity contribution in [2.45, 2.75) is 43.7 Å². The summed E-state index contributed by atoms with van der Waals surface area (Å²) in [5.41, 5.74) is 14.6. The van der Waals surface area contributed by atoms with Crippen molar-refractivity contribution in [1.29, 1.82) is 0 Å². The van der Waals surface area contributed by atoms with Crippen molar-refractivity contribution in [2.24, 2.45) is 10.7 Å². The van der Waals surface area contributed by atoms with E-state index >= 15 is 0 Å². The predicted octanol–water partition coefficient (Wildman–Crippen LogP) is 1.13. The number of nitrogens with two attached hydrogens (primary N) is 2. The van der Waals surface area contributed by atoms with Crippen molar-refractivity contribution >= 4 is 23.6 Å². The minimum absolute atomic E-state index is 0.00543. The van der Waals surface area contributed by atoms with Crippen LogP contribution in [0.2, 0.25) is 0 Å². The molecular weight excluding hydrogens is 460 g/mol. The zero-order valence-corrected chi connectivity index (χ0v) is 19.7. The van der Waals surface area contributed by atoms with Gasteiger partial charge < -0.3 is 21.5 Å². The smallest absolute Gasteiger partial charge is 0.281 e. The molecule has 1 aromatic carbocycles. The number of hydrogen-bond donors (Lipinski definition) is 3. The van der Waals surface area contributed by atoms with Crippen LogP contribution in [0.15, 0.2) is 54.0 Å². The van der Waals surface area contributed by atoms with Gasteiger partial charge in [-0.1, -0.05) is 30.7 Å². The topological polar surface area (TPSA) is 166 Å². The molecule has 0 bridgehead atoms. The maximum absolute atomic E-state index is 12.9. The highest BCUT2D eigenvalue weighted by Gasteiger charge is 2.43. The van der Waals surface area contributed by atoms with Gasteiger partial charge in [0, 0.05) is 37.2 Å². The Morgan fingerprint density at radius 3 is 2.44 bits per heavy atom. The molecule has 11 heteroatoms. The number of likely N-dealkylation sites (tertiary alicyclic amines) is 1. The van der Waals surface area contributed by atoms with Crippen molar-refractivity contribution in [3.8, 4) is 11.1 Å². The zero-order chi connectivity index (χ0) is 25.3. The highest BCUT2D eigenvalue weighted by molar-refractivity contribution is 6.06. The second-order valence-electron chi connectivity index (χ2n) is 9.35. The van der Waals surface area contributed by atoms with E-state index in [2.05, 4.69) is 20.1 Å². The number of carbonyl (C=O) groups is 2. The minimum Gasteiger partial charge on any atom is -0.391 e. The van der Waals surface area contributed by atoms with Gasteiger partial charge in [-0.05, 0) is 30.4 Å². The molecule has 1 aliphatic heterocycles. The first-order valence-electron chi connectivity index (χ1n) is 11.9. The van der Waals surface area contributed by atoms with Crippen molar-refractivity contribution in [3.63, 3.8) is 0 Å². The van der Waals surface area contributed by atoms with Gasteiger partial charge in [0.1, 0.15) is 12.4 Å². The summed E-state index contributed by atoms with van der Waals surface area (Å²) in [6.07, 6.45) is 8.92. The Bertz CT molecular complexity index is 1300. The van der Waals surface area contributed by atoms with E-state index in [1.807, 2.05) is 24.3 Å². The summed E-state index contributed by atoms with van der Waals surface area (Å²) in [5.74, 6) is -0.151. The van der Waals surface area contributed by atoms with Gasteiger partial charge in [-0.3, -0.25) is 14.3 Å². The number of aliphatic hydroxyl groups is 1. The third-order valence-electron chi connectivity index (χ3n) is 7.06. The maximum Gasteiger partial charge on any atom is 0.281 e. The number of carbonyl (C=O) groups excluding carboxylic acids is 2. The molecule has 3 heterocycles. The number of nitrogen functional groups attached to an aromatic ring is 1. The predicted molar refractivity (Wildman–Crippen MR) is 133 cm³/mol. The highest BCUT2D eigenvalue weighted by atomic mass is 16.3. The maximum atomic E-state index is 12.9. The largest absolute Gasteiger partial charge is 0.391 e. The molecule has 36 heavy (non-hydrogen) atoms. The number of aliphatic hydroxyl groups excluding tert-OH is 1. The third-order valence-corrected chi connectivity index (χ3v) is 7.06. The van der Waals surface area contributed by atoms with Crippen LogP contribution in [-0.2, 0) is 16.8 Å². The fourth-order valence-corrected chi connectivity index (χ4v) is 4.74. The third kappa shape index (κ3) is 4.57. The summed E-state index contributed by atoms with van der Waals surface area (Å²) in [6.45, 7) is 0.836. The van der Waals surface area contributed by atoms with Crippen LogP contribution in [0.4, 0.5) is 5.95 Å². The number of benzene rings is 1. The first kappa shape index (κ1) is 23.6. The normalized spacial score (nSPS) is 19.2. The molecule has 186 valence electrons. The van der Waals surface area contributed by atoms with Crippen LogP contribution in [0.5, 0.6) is 0 Å². The van der Waals surface area contributed by atoms with E-state index in [4.69, 9.17) is 11.5 Å². The van der Waals surface area contributed by atoms with Crippen molar-refractivity contribution in [1.82, 2.24) is 24.6 Å². The molecule has 5 N–H and O–H groups in total. The van der Waals surface area contributed by atoms with Crippen LogP contribution in [-0.4, -0.2) is 66.6 Å². The first-order valence-corrected chi connectivity index (χ1v) is 11.9. The van der Waals surface area contributed by atoms with Crippen LogP contribution >= 0.6 is 0 Å². The van der Waals surface area contributed by atoms with E-state index in [0.717, 1.165) is 36.0 Å². The molecule has 3 aromatic rings. The van der Waals surface area contributed by atoms with Gasteiger partial charge in [-0.25, -0.2) is 9.97 Å². The fraction of sp³-hybridized carbons (Fsp3) is 0.360. The Balaban J connectivity index is 1.29. The van der Waals surface area contributed by atoms with Gasteiger partial charge in [0.2, 0.25) is 11.9 Å². The van der Waals surface area contributed by atoms with Gasteiger partial charge in [0.05, 0.1) is 23.3 Å². The van der Waals surface area contributed by atoms with E-state index in [1.54, 1.807) is 17.3 Å². The van der Waals surface area contributed by atoms with E-state index in [0.29, 0.717) is 19.5 Å². The number of amidine groups is 1. The summed E-state index contributed by atoms with van der Waals surface area (Å²) in [5, 5.41) is 13.8. The van der Waals surface area contributed by atoms with Crippen LogP contribution < -0.4 is 11.5 Å². The second kappa shape index (κ2) is 9.50. The number of β-amino-alcohol motifs (C(OH)–C–C–N with tert-alkyl or cyclic N) is 1. The molecular formula is C25H28N8O3. The molecule has 1 atom stereocenters. The molecule has 1 saturated carbocycles. The Morgan fingerprint density at radius 1 is 1.11 bits per heavy atom. The quantitative estimate of drug-likeness (QED) is 0.343. The monoisotopic (exact) mass is 488 g/mol. The highest BCUT2D eigenvalue weighted by Crippen LogP contribution is 2.44. The van der Waals surface area contributed by atoms with E-state index in [1.165, 1.54) is 17.1 Å². The summed E-state index contributed by atoms with van der Waals surface area (Å²) >= 11 is 0. The van der Waals surface area contributed by atoms with E-state index < -0.39 is 17.4 Å². The number of aliphatic imine (C=N–C) groups is 1. The SMILES string of the molecule is NC(=NC(=O)c1cnn(CC(=O)N2CCC(O)C2)c1)C1(c2ccc(-c3cnc(N)nc3)cc2)CCC1. The van der Waals surface area contributed by atoms with Crippen LogP contribution in [0.1, 0.15) is 41.6 Å². The number of rotatable bonds is 6. The van der Waals surface area contributed by atoms with Crippen LogP contribution in [0.3, 0.4) is 0 Å². The standard InChI is InChI=1S/C25H28N8O3/c26-23(31-22(36)18-12-30-33(13-18)15-21(35)32-9-6-20(34)14-32)25(7-1-8-25)19-4-2-16(3-5-19)17-10-28-24(27)29-11-17/h2-5,10-13,20,34H,1,6-9,14-15H2,(H2,26,31,36)(H2,27,28,29). The van der Waals surface area contributed by atoms with Gasteiger partial charge in [0.25, 0.3) is 5.91 Å². The molecule has 1 unspecified atom stereocenters. The molecule has 0 radical (unpaired) electrons. The number of hydrogen-bond acceptors (Lipinski definition) is 7. The van der Waals surface area contributed by atoms with E-state index in [-0.39, 0.29) is 29.8 Å². The molecule has 5 rings (SSSR count). The van der Waals surface area contributed by atoms with Gasteiger partial charge >= 0.3 is 0 Å². The summed E-state index contributed by atoms with van der Waals surface area (Å²) in [7, 11) is 0. The molecule has 11 nitrogen and oxygen atoms in total. The fourth-order valence-electron chi connectivity index (χ4n) is 4.74. The molecule has 1 aliphatic carbocycles. The van der Waals surface area contributed by atoms with Crippen LogP contribution in [0.25, 0.3) is 11.1 Å². The Kier molecular flexibility index (Phi) is 6.23. The second-order valence-corrected chi connectivity index (χ2v) is 9.35. The average Bonchev–Trinajstić information content (AvgIpc) is 3.48. The number of aromatic nitrogens is 4. The minimum atomic E-state index is -0.496. The lowest BCUT2D eigenvalue weighted by atomic mass is 9.63. The van der Waals surface area contributed by atoms with E-state index in [9.17, 15) is 14.7 Å². The Labute approximate surface area is 207 Å². The number of anilines is 1. The molecule has 2 aliphatic rings. The van der Waals surface area contributed by atoms with Crippen LogP contribution in [0, 0.1) is 0 Å². The average molecular weight is 489 g/mol.